The van der Waals surface area contributed by atoms with Crippen molar-refractivity contribution in [3.63, 3.8) is 0 Å². The minimum Gasteiger partial charge on any atom is -0.490 e. The van der Waals surface area contributed by atoms with Gasteiger partial charge in [0.2, 0.25) is 0 Å². The van der Waals surface area contributed by atoms with Gasteiger partial charge in [-0.2, -0.15) is 0 Å². The van der Waals surface area contributed by atoms with E-state index in [9.17, 15) is 4.79 Å². The van der Waals surface area contributed by atoms with Crippen LogP contribution in [0.4, 0.5) is 0 Å². The third kappa shape index (κ3) is 5.34. The van der Waals surface area contributed by atoms with Crippen LogP contribution in [0.3, 0.4) is 0 Å². The van der Waals surface area contributed by atoms with Crippen molar-refractivity contribution in [2.24, 2.45) is 0 Å². The maximum Gasteiger partial charge on any atom is 0.159 e. The zero-order chi connectivity index (χ0) is 18.6. The average molecular weight is 383 g/mol. The van der Waals surface area contributed by atoms with Crippen LogP contribution < -0.4 is 9.46 Å². The van der Waals surface area contributed by atoms with Crippen LogP contribution in [0.25, 0.3) is 0 Å². The second-order valence-electron chi connectivity index (χ2n) is 7.49. The fraction of sp³-hybridized carbons (Fsp3) is 0.409. The molecule has 1 atom stereocenters. The van der Waals surface area contributed by atoms with Crippen LogP contribution in [0.2, 0.25) is 0 Å². The van der Waals surface area contributed by atoms with Gasteiger partial charge >= 0.3 is 0 Å². The summed E-state index contributed by atoms with van der Waals surface area (Å²) in [5.41, 5.74) is 2.10. The summed E-state index contributed by atoms with van der Waals surface area (Å²) in [6.45, 7) is 4.73. The highest BCUT2D eigenvalue weighted by Crippen LogP contribution is 2.27. The van der Waals surface area contributed by atoms with E-state index >= 15 is 0 Å². The Morgan fingerprint density at radius 2 is 2.00 bits per heavy atom. The molecule has 2 fully saturated rings. The number of benzene rings is 2. The summed E-state index contributed by atoms with van der Waals surface area (Å²) >= 11 is 1.63. The Labute approximate surface area is 165 Å². The van der Waals surface area contributed by atoms with E-state index in [0.29, 0.717) is 12.1 Å². The van der Waals surface area contributed by atoms with Crippen molar-refractivity contribution < 1.29 is 9.53 Å². The van der Waals surface area contributed by atoms with Crippen LogP contribution >= 0.6 is 11.9 Å². The Bertz CT molecular complexity index is 789. The summed E-state index contributed by atoms with van der Waals surface area (Å²) in [4.78, 5) is 15.1. The van der Waals surface area contributed by atoms with Crippen LogP contribution in [0.15, 0.2) is 53.4 Å². The number of rotatable bonds is 8. The first kappa shape index (κ1) is 18.5. The molecule has 1 saturated carbocycles. The van der Waals surface area contributed by atoms with Gasteiger partial charge in [0.05, 0.1) is 6.10 Å². The maximum absolute atomic E-state index is 11.5. The molecule has 142 valence electrons. The second-order valence-corrected chi connectivity index (χ2v) is 8.40. The standard InChI is InChI=1S/C22H26N2O2S/c1-16(25)18-3-2-4-22(13-18)27-23-19-11-12-24(15-19)14-17-5-7-20(8-6-17)26-21-9-10-21/h2-8,13,19,21,23H,9-12,14-15H2,1H3. The lowest BCUT2D eigenvalue weighted by Crippen LogP contribution is -2.28. The highest BCUT2D eigenvalue weighted by atomic mass is 32.2. The Balaban J connectivity index is 1.23. The number of ether oxygens (including phenoxy) is 1. The Morgan fingerprint density at radius 1 is 1.19 bits per heavy atom. The Morgan fingerprint density at radius 3 is 2.74 bits per heavy atom. The summed E-state index contributed by atoms with van der Waals surface area (Å²) in [5, 5.41) is 0. The molecule has 2 aliphatic rings. The molecule has 0 spiro atoms. The molecule has 5 heteroatoms. The molecule has 2 aromatic carbocycles. The van der Waals surface area contributed by atoms with Crippen LogP contribution in [0, 0.1) is 0 Å². The third-order valence-corrected chi connectivity index (χ3v) is 5.95. The first-order chi connectivity index (χ1) is 13.2. The Kier molecular flexibility index (Phi) is 5.81. The first-order valence-corrected chi connectivity index (χ1v) is 10.5. The van der Waals surface area contributed by atoms with Crippen molar-refractivity contribution in [1.29, 1.82) is 0 Å². The molecule has 1 aliphatic carbocycles. The first-order valence-electron chi connectivity index (χ1n) is 9.67. The van der Waals surface area contributed by atoms with Gasteiger partial charge in [-0.05, 0) is 68.0 Å². The van der Waals surface area contributed by atoms with Gasteiger partial charge in [0, 0.05) is 36.1 Å². The van der Waals surface area contributed by atoms with Crippen LogP contribution in [-0.4, -0.2) is 35.9 Å². The molecule has 1 heterocycles. The molecule has 1 saturated heterocycles. The zero-order valence-electron chi connectivity index (χ0n) is 15.7. The summed E-state index contributed by atoms with van der Waals surface area (Å²) in [7, 11) is 0. The predicted octanol–water partition coefficient (Wildman–Crippen LogP) is 4.30. The number of hydrogen-bond acceptors (Lipinski definition) is 5. The number of nitrogens with one attached hydrogen (secondary N) is 1. The predicted molar refractivity (Wildman–Crippen MR) is 109 cm³/mol. The van der Waals surface area contributed by atoms with Crippen LogP contribution in [0.1, 0.15) is 42.1 Å². The van der Waals surface area contributed by atoms with Gasteiger partial charge in [-0.25, -0.2) is 0 Å². The summed E-state index contributed by atoms with van der Waals surface area (Å²) < 4.78 is 9.38. The molecular weight excluding hydrogens is 356 g/mol. The van der Waals surface area contributed by atoms with Gasteiger partial charge in [0.25, 0.3) is 0 Å². The fourth-order valence-electron chi connectivity index (χ4n) is 3.31. The molecule has 1 aliphatic heterocycles. The van der Waals surface area contributed by atoms with E-state index < -0.39 is 0 Å². The molecule has 4 nitrogen and oxygen atoms in total. The molecule has 0 amide bonds. The normalized spacial score (nSPS) is 20.0. The van der Waals surface area contributed by atoms with Crippen LogP contribution in [0.5, 0.6) is 5.75 Å². The number of carbonyl (C=O) groups excluding carboxylic acids is 1. The fourth-order valence-corrected chi connectivity index (χ4v) is 4.14. The van der Waals surface area contributed by atoms with Crippen molar-refractivity contribution in [3.05, 3.63) is 59.7 Å². The van der Waals surface area contributed by atoms with Crippen molar-refractivity contribution in [1.82, 2.24) is 9.62 Å². The second kappa shape index (κ2) is 8.46. The lowest BCUT2D eigenvalue weighted by molar-refractivity contribution is 0.101. The highest BCUT2D eigenvalue weighted by molar-refractivity contribution is 7.97. The number of likely N-dealkylation sites (tertiary alicyclic amines) is 1. The van der Waals surface area contributed by atoms with Crippen molar-refractivity contribution in [2.45, 2.75) is 49.8 Å². The summed E-state index contributed by atoms with van der Waals surface area (Å²) in [6.07, 6.45) is 3.99. The van der Waals surface area contributed by atoms with Crippen molar-refractivity contribution in [2.75, 3.05) is 13.1 Å². The molecule has 1 N–H and O–H groups in total. The quantitative estimate of drug-likeness (QED) is 0.544. The number of Topliss-reactive ketones (excluding diaryl/α,β-unsaturated/α-hetero) is 1. The topological polar surface area (TPSA) is 41.6 Å². The van der Waals surface area contributed by atoms with E-state index in [0.717, 1.165) is 42.3 Å². The van der Waals surface area contributed by atoms with E-state index in [2.05, 4.69) is 33.9 Å². The molecule has 0 radical (unpaired) electrons. The van der Waals surface area contributed by atoms with E-state index in [1.165, 1.54) is 18.4 Å². The largest absolute Gasteiger partial charge is 0.490 e. The third-order valence-electron chi connectivity index (χ3n) is 5.01. The number of hydrogen-bond donors (Lipinski definition) is 1. The van der Waals surface area contributed by atoms with E-state index in [1.54, 1.807) is 18.9 Å². The molecule has 27 heavy (non-hydrogen) atoms. The van der Waals surface area contributed by atoms with Crippen LogP contribution in [-0.2, 0) is 6.54 Å². The van der Waals surface area contributed by atoms with Gasteiger partial charge in [0.1, 0.15) is 5.75 Å². The van der Waals surface area contributed by atoms with E-state index in [4.69, 9.17) is 4.74 Å². The minimum absolute atomic E-state index is 0.109. The molecule has 0 bridgehead atoms. The lowest BCUT2D eigenvalue weighted by Gasteiger charge is -2.17. The van der Waals surface area contributed by atoms with Gasteiger partial charge in [-0.1, -0.05) is 24.3 Å². The number of carbonyl (C=O) groups is 1. The zero-order valence-corrected chi connectivity index (χ0v) is 16.5. The summed E-state index contributed by atoms with van der Waals surface area (Å²) in [6, 6.07) is 16.8. The van der Waals surface area contributed by atoms with Gasteiger partial charge in [-0.3, -0.25) is 14.4 Å². The lowest BCUT2D eigenvalue weighted by atomic mass is 10.2. The number of nitrogens with zero attached hydrogens (tertiary/aromatic N) is 1. The maximum atomic E-state index is 11.5. The smallest absolute Gasteiger partial charge is 0.159 e. The summed E-state index contributed by atoms with van der Waals surface area (Å²) in [5.74, 6) is 1.10. The highest BCUT2D eigenvalue weighted by Gasteiger charge is 2.24. The molecule has 2 aromatic rings. The average Bonchev–Trinajstić information content (AvgIpc) is 3.38. The van der Waals surface area contributed by atoms with E-state index in [1.807, 2.05) is 24.3 Å². The molecule has 4 rings (SSSR count). The van der Waals surface area contributed by atoms with Crippen molar-refractivity contribution in [3.8, 4) is 5.75 Å². The number of ketones is 1. The monoisotopic (exact) mass is 382 g/mol. The van der Waals surface area contributed by atoms with Gasteiger partial charge in [-0.15, -0.1) is 0 Å². The van der Waals surface area contributed by atoms with Gasteiger partial charge in [0.15, 0.2) is 5.78 Å². The Hall–Kier alpha value is -1.82. The molecule has 1 unspecified atom stereocenters. The SMILES string of the molecule is CC(=O)c1cccc(SNC2CCN(Cc3ccc(OC4CC4)cc3)C2)c1. The molecule has 0 aromatic heterocycles. The minimum atomic E-state index is 0.109. The molecular formula is C22H26N2O2S. The van der Waals surface area contributed by atoms with Gasteiger partial charge < -0.3 is 4.74 Å². The van der Waals surface area contributed by atoms with E-state index in [-0.39, 0.29) is 5.78 Å². The van der Waals surface area contributed by atoms with Crippen molar-refractivity contribution >= 4 is 17.7 Å².